The number of anilines is 1. The standard InChI is InChI=1S/C15H16N4O2/c1-3-11-6-5-8-18(11)13-7-9-19-14(17-13)12(10-16-19)15(20)21-4-2/h1,7,9-11H,4-6,8H2,2H3. The van der Waals surface area contributed by atoms with Crippen LogP contribution in [0.2, 0.25) is 0 Å². The number of hydrogen-bond donors (Lipinski definition) is 0. The van der Waals surface area contributed by atoms with Gasteiger partial charge in [0.2, 0.25) is 0 Å². The molecule has 6 heteroatoms. The first-order valence-electron chi connectivity index (χ1n) is 6.99. The first kappa shape index (κ1) is 13.4. The van der Waals surface area contributed by atoms with Crippen molar-refractivity contribution in [2.24, 2.45) is 0 Å². The molecule has 108 valence electrons. The van der Waals surface area contributed by atoms with Crippen molar-refractivity contribution in [1.29, 1.82) is 0 Å². The van der Waals surface area contributed by atoms with Gasteiger partial charge >= 0.3 is 5.97 Å². The molecule has 21 heavy (non-hydrogen) atoms. The minimum atomic E-state index is -0.410. The van der Waals surface area contributed by atoms with Gasteiger partial charge in [0.05, 0.1) is 18.8 Å². The maximum atomic E-state index is 11.9. The number of esters is 1. The molecule has 1 aliphatic rings. The smallest absolute Gasteiger partial charge is 0.343 e. The molecule has 2 aromatic heterocycles. The molecule has 6 nitrogen and oxygen atoms in total. The molecule has 0 N–H and O–H groups in total. The van der Waals surface area contributed by atoms with E-state index < -0.39 is 5.97 Å². The van der Waals surface area contributed by atoms with Gasteiger partial charge in [-0.25, -0.2) is 14.3 Å². The summed E-state index contributed by atoms with van der Waals surface area (Å²) in [6, 6.07) is 1.93. The zero-order chi connectivity index (χ0) is 14.8. The molecule has 0 radical (unpaired) electrons. The van der Waals surface area contributed by atoms with E-state index in [1.807, 2.05) is 6.07 Å². The minimum absolute atomic E-state index is 0.0638. The highest BCUT2D eigenvalue weighted by molar-refractivity contribution is 5.95. The number of terminal acetylenes is 1. The van der Waals surface area contributed by atoms with Crippen LogP contribution < -0.4 is 4.90 Å². The molecule has 0 aromatic carbocycles. The lowest BCUT2D eigenvalue weighted by atomic mass is 10.2. The molecular formula is C15H16N4O2. The Hall–Kier alpha value is -2.55. The summed E-state index contributed by atoms with van der Waals surface area (Å²) in [5, 5.41) is 4.12. The van der Waals surface area contributed by atoms with Gasteiger partial charge in [-0.05, 0) is 25.8 Å². The van der Waals surface area contributed by atoms with Crippen LogP contribution in [0.1, 0.15) is 30.1 Å². The number of rotatable bonds is 3. The lowest BCUT2D eigenvalue weighted by Gasteiger charge is -2.21. The van der Waals surface area contributed by atoms with Gasteiger partial charge in [-0.15, -0.1) is 6.42 Å². The molecule has 0 spiro atoms. The first-order chi connectivity index (χ1) is 10.2. The summed E-state index contributed by atoms with van der Waals surface area (Å²) in [5.74, 6) is 3.15. The number of aromatic nitrogens is 3. The Morgan fingerprint density at radius 1 is 1.62 bits per heavy atom. The third-order valence-corrected chi connectivity index (χ3v) is 3.59. The van der Waals surface area contributed by atoms with Crippen LogP contribution in [-0.2, 0) is 4.74 Å². The third-order valence-electron chi connectivity index (χ3n) is 3.59. The number of hydrogen-bond acceptors (Lipinski definition) is 5. The fourth-order valence-electron chi connectivity index (χ4n) is 2.59. The monoisotopic (exact) mass is 284 g/mol. The van der Waals surface area contributed by atoms with Crippen molar-refractivity contribution in [3.8, 4) is 12.3 Å². The number of nitrogens with zero attached hydrogens (tertiary/aromatic N) is 4. The van der Waals surface area contributed by atoms with E-state index in [0.717, 1.165) is 25.2 Å². The number of fused-ring (bicyclic) bond motifs is 1. The highest BCUT2D eigenvalue weighted by atomic mass is 16.5. The summed E-state index contributed by atoms with van der Waals surface area (Å²) in [5.41, 5.74) is 0.865. The van der Waals surface area contributed by atoms with Gasteiger partial charge in [-0.3, -0.25) is 0 Å². The van der Waals surface area contributed by atoms with Crippen molar-refractivity contribution in [3.63, 3.8) is 0 Å². The highest BCUT2D eigenvalue weighted by Gasteiger charge is 2.25. The lowest BCUT2D eigenvalue weighted by molar-refractivity contribution is 0.0528. The molecule has 3 heterocycles. The van der Waals surface area contributed by atoms with E-state index in [2.05, 4.69) is 20.9 Å². The Morgan fingerprint density at radius 3 is 3.24 bits per heavy atom. The van der Waals surface area contributed by atoms with Crippen LogP contribution in [0.4, 0.5) is 5.82 Å². The SMILES string of the molecule is C#CC1CCCN1c1ccn2ncc(C(=O)OCC)c2n1. The van der Waals surface area contributed by atoms with E-state index in [-0.39, 0.29) is 6.04 Å². The van der Waals surface area contributed by atoms with Gasteiger partial charge in [0.25, 0.3) is 0 Å². The zero-order valence-corrected chi connectivity index (χ0v) is 11.8. The molecule has 0 saturated carbocycles. The van der Waals surface area contributed by atoms with Gasteiger partial charge in [-0.1, -0.05) is 5.92 Å². The maximum Gasteiger partial charge on any atom is 0.343 e. The van der Waals surface area contributed by atoms with Crippen LogP contribution in [0.3, 0.4) is 0 Å². The summed E-state index contributed by atoms with van der Waals surface area (Å²) >= 11 is 0. The van der Waals surface area contributed by atoms with Crippen LogP contribution in [0.5, 0.6) is 0 Å². The summed E-state index contributed by atoms with van der Waals surface area (Å²) in [4.78, 5) is 18.5. The predicted octanol–water partition coefficient (Wildman–Crippen LogP) is 1.51. The van der Waals surface area contributed by atoms with Crippen molar-refractivity contribution in [3.05, 3.63) is 24.0 Å². The summed E-state index contributed by atoms with van der Waals surface area (Å²) in [6.45, 7) is 2.96. The summed E-state index contributed by atoms with van der Waals surface area (Å²) in [7, 11) is 0. The van der Waals surface area contributed by atoms with Gasteiger partial charge in [0, 0.05) is 12.7 Å². The molecule has 1 aliphatic heterocycles. The van der Waals surface area contributed by atoms with Crippen LogP contribution in [0.25, 0.3) is 5.65 Å². The molecule has 2 aromatic rings. The van der Waals surface area contributed by atoms with Crippen LogP contribution in [0.15, 0.2) is 18.5 Å². The van der Waals surface area contributed by atoms with E-state index in [1.165, 1.54) is 6.20 Å². The van der Waals surface area contributed by atoms with E-state index in [9.17, 15) is 4.79 Å². The molecule has 3 rings (SSSR count). The fraction of sp³-hybridized carbons (Fsp3) is 0.400. The Morgan fingerprint density at radius 2 is 2.48 bits per heavy atom. The average molecular weight is 284 g/mol. The normalized spacial score (nSPS) is 17.9. The van der Waals surface area contributed by atoms with E-state index >= 15 is 0 Å². The molecule has 1 unspecified atom stereocenters. The van der Waals surface area contributed by atoms with E-state index in [4.69, 9.17) is 11.2 Å². The quantitative estimate of drug-likeness (QED) is 0.631. The summed E-state index contributed by atoms with van der Waals surface area (Å²) < 4.78 is 6.59. The molecule has 1 saturated heterocycles. The van der Waals surface area contributed by atoms with Crippen molar-refractivity contribution >= 4 is 17.4 Å². The van der Waals surface area contributed by atoms with E-state index in [0.29, 0.717) is 17.8 Å². The molecular weight excluding hydrogens is 268 g/mol. The first-order valence-corrected chi connectivity index (χ1v) is 6.99. The Bertz CT molecular complexity index is 716. The number of carbonyl (C=O) groups is 1. The zero-order valence-electron chi connectivity index (χ0n) is 11.8. The van der Waals surface area contributed by atoms with Crippen molar-refractivity contribution < 1.29 is 9.53 Å². The predicted molar refractivity (Wildman–Crippen MR) is 78.1 cm³/mol. The van der Waals surface area contributed by atoms with Crippen molar-refractivity contribution in [2.45, 2.75) is 25.8 Å². The molecule has 1 fully saturated rings. The molecule has 0 bridgehead atoms. The highest BCUT2D eigenvalue weighted by Crippen LogP contribution is 2.24. The number of ether oxygens (including phenoxy) is 1. The van der Waals surface area contributed by atoms with Crippen LogP contribution >= 0.6 is 0 Å². The second-order valence-corrected chi connectivity index (χ2v) is 4.85. The Labute approximate surface area is 122 Å². The third kappa shape index (κ3) is 2.31. The van der Waals surface area contributed by atoms with Gasteiger partial charge in [0.1, 0.15) is 11.4 Å². The second kappa shape index (κ2) is 5.44. The Kier molecular flexibility index (Phi) is 3.48. The van der Waals surface area contributed by atoms with Crippen LogP contribution in [0, 0.1) is 12.3 Å². The van der Waals surface area contributed by atoms with Crippen LogP contribution in [-0.4, -0.2) is 39.8 Å². The molecule has 0 aliphatic carbocycles. The Balaban J connectivity index is 2.01. The molecule has 0 amide bonds. The average Bonchev–Trinajstić information content (AvgIpc) is 3.13. The van der Waals surface area contributed by atoms with Crippen molar-refractivity contribution in [2.75, 3.05) is 18.1 Å². The fourth-order valence-corrected chi connectivity index (χ4v) is 2.59. The topological polar surface area (TPSA) is 59.7 Å². The molecule has 1 atom stereocenters. The van der Waals surface area contributed by atoms with Crippen molar-refractivity contribution in [1.82, 2.24) is 14.6 Å². The van der Waals surface area contributed by atoms with Gasteiger partial charge in [0.15, 0.2) is 5.65 Å². The van der Waals surface area contributed by atoms with E-state index in [1.54, 1.807) is 17.6 Å². The van der Waals surface area contributed by atoms with Gasteiger partial charge < -0.3 is 9.64 Å². The maximum absolute atomic E-state index is 11.9. The summed E-state index contributed by atoms with van der Waals surface area (Å²) in [6.07, 6.45) is 10.8. The largest absolute Gasteiger partial charge is 0.462 e. The minimum Gasteiger partial charge on any atom is -0.462 e. The lowest BCUT2D eigenvalue weighted by Crippen LogP contribution is -2.28. The second-order valence-electron chi connectivity index (χ2n) is 4.85. The van der Waals surface area contributed by atoms with Gasteiger partial charge in [-0.2, -0.15) is 5.10 Å². The number of carbonyl (C=O) groups excluding carboxylic acids is 1.